The largest absolute Gasteiger partial charge is 0.324 e. The molecule has 0 amide bonds. The first-order chi connectivity index (χ1) is 6.85. The molecule has 0 aromatic carbocycles. The average molecular weight is 209 g/mol. The topological polar surface area (TPSA) is 69.6 Å². The second-order valence-corrected chi connectivity index (χ2v) is 3.49. The number of hydrogen-bond donors (Lipinski definition) is 1. The molecular weight excluding hydrogens is 198 g/mol. The Morgan fingerprint density at radius 1 is 1.57 bits per heavy atom. The van der Waals surface area contributed by atoms with Crippen LogP contribution in [-0.2, 0) is 13.0 Å². The minimum absolute atomic E-state index is 0.411. The summed E-state index contributed by atoms with van der Waals surface area (Å²) < 4.78 is 6.08. The molecule has 2 rings (SSSR count). The van der Waals surface area contributed by atoms with Gasteiger partial charge in [0.25, 0.3) is 0 Å². The minimum Gasteiger partial charge on any atom is -0.324 e. The van der Waals surface area contributed by atoms with Crippen LogP contribution >= 0.6 is 11.5 Å². The van der Waals surface area contributed by atoms with Crippen molar-refractivity contribution in [1.29, 1.82) is 0 Å². The number of nitrogens with zero attached hydrogens (tertiary/aromatic N) is 4. The van der Waals surface area contributed by atoms with E-state index in [0.717, 1.165) is 23.2 Å². The maximum Gasteiger partial charge on any atom is 0.214 e. The van der Waals surface area contributed by atoms with Gasteiger partial charge in [0.15, 0.2) is 0 Å². The van der Waals surface area contributed by atoms with Gasteiger partial charge in [-0.1, -0.05) is 6.92 Å². The summed E-state index contributed by atoms with van der Waals surface area (Å²) in [6.45, 7) is 2.44. The summed E-state index contributed by atoms with van der Waals surface area (Å²) in [4.78, 5) is 8.48. The van der Waals surface area contributed by atoms with Crippen molar-refractivity contribution in [2.75, 3.05) is 0 Å². The van der Waals surface area contributed by atoms with Crippen molar-refractivity contribution in [1.82, 2.24) is 18.9 Å². The van der Waals surface area contributed by atoms with Crippen molar-refractivity contribution in [3.05, 3.63) is 24.0 Å². The number of hydrogen-bond acceptors (Lipinski definition) is 5. The van der Waals surface area contributed by atoms with Crippen LogP contribution in [0.1, 0.15) is 18.6 Å². The highest BCUT2D eigenvalue weighted by Crippen LogP contribution is 2.13. The SMILES string of the molecule is CCc1nsc(-n2ccnc2CN)n1. The zero-order valence-electron chi connectivity index (χ0n) is 7.84. The van der Waals surface area contributed by atoms with Crippen molar-refractivity contribution in [3.8, 4) is 5.13 Å². The molecule has 14 heavy (non-hydrogen) atoms. The fraction of sp³-hybridized carbons (Fsp3) is 0.375. The smallest absolute Gasteiger partial charge is 0.214 e. The number of nitrogens with two attached hydrogens (primary N) is 1. The Morgan fingerprint density at radius 3 is 3.07 bits per heavy atom. The number of imidazole rings is 1. The zero-order valence-corrected chi connectivity index (χ0v) is 8.66. The summed E-state index contributed by atoms with van der Waals surface area (Å²) >= 11 is 1.37. The molecule has 0 radical (unpaired) electrons. The molecule has 0 unspecified atom stereocenters. The Hall–Kier alpha value is -1.27. The Labute approximate surface area is 85.8 Å². The van der Waals surface area contributed by atoms with E-state index < -0.39 is 0 Å². The first kappa shape index (κ1) is 9.29. The molecule has 0 spiro atoms. The highest BCUT2D eigenvalue weighted by Gasteiger charge is 2.07. The van der Waals surface area contributed by atoms with Gasteiger partial charge in [-0.05, 0) is 0 Å². The molecular formula is C8H11N5S. The first-order valence-corrected chi connectivity index (χ1v) is 5.17. The van der Waals surface area contributed by atoms with E-state index in [1.807, 2.05) is 17.7 Å². The van der Waals surface area contributed by atoms with Crippen LogP contribution in [0.3, 0.4) is 0 Å². The van der Waals surface area contributed by atoms with Crippen molar-refractivity contribution in [3.63, 3.8) is 0 Å². The van der Waals surface area contributed by atoms with E-state index in [1.54, 1.807) is 6.20 Å². The van der Waals surface area contributed by atoms with Gasteiger partial charge in [-0.25, -0.2) is 9.97 Å². The molecule has 0 aliphatic carbocycles. The summed E-state index contributed by atoms with van der Waals surface area (Å²) in [6.07, 6.45) is 4.42. The van der Waals surface area contributed by atoms with Crippen LogP contribution in [0.15, 0.2) is 12.4 Å². The van der Waals surface area contributed by atoms with Crippen LogP contribution in [-0.4, -0.2) is 18.9 Å². The molecule has 0 bridgehead atoms. The van der Waals surface area contributed by atoms with Gasteiger partial charge in [-0.2, -0.15) is 4.37 Å². The molecule has 2 aromatic rings. The third-order valence-electron chi connectivity index (χ3n) is 1.88. The van der Waals surface area contributed by atoms with Gasteiger partial charge in [0.1, 0.15) is 11.6 Å². The van der Waals surface area contributed by atoms with Crippen LogP contribution in [0.25, 0.3) is 5.13 Å². The van der Waals surface area contributed by atoms with Crippen molar-refractivity contribution in [2.45, 2.75) is 19.9 Å². The molecule has 0 fully saturated rings. The maximum atomic E-state index is 5.54. The zero-order chi connectivity index (χ0) is 9.97. The van der Waals surface area contributed by atoms with Crippen LogP contribution in [0, 0.1) is 0 Å². The molecule has 0 aliphatic rings. The Kier molecular flexibility index (Phi) is 2.55. The monoisotopic (exact) mass is 209 g/mol. The predicted octanol–water partition coefficient (Wildman–Crippen LogP) is 0.745. The Bertz CT molecular complexity index is 419. The lowest BCUT2D eigenvalue weighted by atomic mass is 10.5. The van der Waals surface area contributed by atoms with Gasteiger partial charge < -0.3 is 5.73 Å². The predicted molar refractivity (Wildman–Crippen MR) is 54.3 cm³/mol. The average Bonchev–Trinajstić information content (AvgIpc) is 2.85. The summed E-state index contributed by atoms with van der Waals surface area (Å²) in [5.74, 6) is 1.67. The lowest BCUT2D eigenvalue weighted by molar-refractivity contribution is 0.853. The van der Waals surface area contributed by atoms with E-state index in [4.69, 9.17) is 5.73 Å². The van der Waals surface area contributed by atoms with Crippen LogP contribution < -0.4 is 5.73 Å². The van der Waals surface area contributed by atoms with Crippen molar-refractivity contribution in [2.24, 2.45) is 5.73 Å². The van der Waals surface area contributed by atoms with Gasteiger partial charge in [0, 0.05) is 30.3 Å². The molecule has 5 nitrogen and oxygen atoms in total. The number of aryl methyl sites for hydroxylation is 1. The molecule has 0 saturated carbocycles. The Balaban J connectivity index is 2.38. The highest BCUT2D eigenvalue weighted by molar-refractivity contribution is 7.08. The van der Waals surface area contributed by atoms with E-state index in [1.165, 1.54) is 11.5 Å². The molecule has 6 heteroatoms. The Morgan fingerprint density at radius 2 is 2.43 bits per heavy atom. The first-order valence-electron chi connectivity index (χ1n) is 4.40. The second-order valence-electron chi connectivity index (χ2n) is 2.76. The molecule has 0 atom stereocenters. The normalized spacial score (nSPS) is 10.7. The van der Waals surface area contributed by atoms with E-state index in [-0.39, 0.29) is 0 Å². The third-order valence-corrected chi connectivity index (χ3v) is 2.63. The van der Waals surface area contributed by atoms with Gasteiger partial charge in [0.2, 0.25) is 5.13 Å². The number of aromatic nitrogens is 4. The van der Waals surface area contributed by atoms with Crippen molar-refractivity contribution >= 4 is 11.5 Å². The number of rotatable bonds is 3. The fourth-order valence-electron chi connectivity index (χ4n) is 1.15. The highest BCUT2D eigenvalue weighted by atomic mass is 32.1. The molecule has 0 aliphatic heterocycles. The lowest BCUT2D eigenvalue weighted by Crippen LogP contribution is -2.05. The summed E-state index contributed by atoms with van der Waals surface area (Å²) in [6, 6.07) is 0. The molecule has 2 aromatic heterocycles. The quantitative estimate of drug-likeness (QED) is 0.809. The minimum atomic E-state index is 0.411. The van der Waals surface area contributed by atoms with E-state index in [2.05, 4.69) is 14.3 Å². The molecule has 0 saturated heterocycles. The molecule has 2 N–H and O–H groups in total. The van der Waals surface area contributed by atoms with Crippen molar-refractivity contribution < 1.29 is 0 Å². The second kappa shape index (κ2) is 3.85. The van der Waals surface area contributed by atoms with Gasteiger partial charge in [-0.3, -0.25) is 4.57 Å². The van der Waals surface area contributed by atoms with Crippen LogP contribution in [0.4, 0.5) is 0 Å². The summed E-state index contributed by atoms with van der Waals surface area (Å²) in [5, 5.41) is 0.833. The van der Waals surface area contributed by atoms with Gasteiger partial charge >= 0.3 is 0 Å². The molecule has 2 heterocycles. The third kappa shape index (κ3) is 1.53. The fourth-order valence-corrected chi connectivity index (χ4v) is 1.90. The maximum absolute atomic E-state index is 5.54. The van der Waals surface area contributed by atoms with Crippen LogP contribution in [0.2, 0.25) is 0 Å². The van der Waals surface area contributed by atoms with Gasteiger partial charge in [0.05, 0.1) is 6.54 Å². The summed E-state index contributed by atoms with van der Waals surface area (Å²) in [7, 11) is 0. The standard InChI is InChI=1S/C8H11N5S/c1-2-6-11-8(14-12-6)13-4-3-10-7(13)5-9/h3-4H,2,5,9H2,1H3. The van der Waals surface area contributed by atoms with E-state index in [9.17, 15) is 0 Å². The summed E-state index contributed by atoms with van der Waals surface area (Å²) in [5.41, 5.74) is 5.54. The molecule has 74 valence electrons. The van der Waals surface area contributed by atoms with Gasteiger partial charge in [-0.15, -0.1) is 0 Å². The van der Waals surface area contributed by atoms with E-state index in [0.29, 0.717) is 6.54 Å². The lowest BCUT2D eigenvalue weighted by Gasteiger charge is -1.99. The van der Waals surface area contributed by atoms with E-state index >= 15 is 0 Å². The van der Waals surface area contributed by atoms with Crippen LogP contribution in [0.5, 0.6) is 0 Å².